The summed E-state index contributed by atoms with van der Waals surface area (Å²) < 4.78 is 6.85. The van der Waals surface area contributed by atoms with E-state index in [-0.39, 0.29) is 18.1 Å². The minimum Gasteiger partial charge on any atom is -0.452 e. The van der Waals surface area contributed by atoms with Crippen molar-refractivity contribution in [2.75, 3.05) is 6.61 Å². The number of aromatic nitrogens is 2. The number of hydrogen-bond donors (Lipinski definition) is 1. The van der Waals surface area contributed by atoms with Crippen molar-refractivity contribution in [2.45, 2.75) is 26.3 Å². The third-order valence-electron chi connectivity index (χ3n) is 3.92. The lowest BCUT2D eigenvalue weighted by Crippen LogP contribution is -2.42. The molecular formula is C22H22ClN3O3. The normalized spacial score (nSPS) is 11.2. The lowest BCUT2D eigenvalue weighted by Gasteiger charge is -2.20. The lowest BCUT2D eigenvalue weighted by atomic mass is 10.1. The molecule has 0 saturated heterocycles. The van der Waals surface area contributed by atoms with Gasteiger partial charge >= 0.3 is 5.97 Å². The number of para-hydroxylation sites is 1. The third kappa shape index (κ3) is 5.45. The van der Waals surface area contributed by atoms with Crippen molar-refractivity contribution in [3.8, 4) is 16.9 Å². The summed E-state index contributed by atoms with van der Waals surface area (Å²) in [6, 6.07) is 16.4. The maximum Gasteiger partial charge on any atom is 0.342 e. The van der Waals surface area contributed by atoms with Crippen LogP contribution in [0.4, 0.5) is 0 Å². The first-order valence-electron chi connectivity index (χ1n) is 9.12. The van der Waals surface area contributed by atoms with Gasteiger partial charge in [-0.1, -0.05) is 41.9 Å². The van der Waals surface area contributed by atoms with E-state index in [1.165, 1.54) is 0 Å². The molecule has 0 unspecified atom stereocenters. The highest BCUT2D eigenvalue weighted by molar-refractivity contribution is 6.30. The van der Waals surface area contributed by atoms with Gasteiger partial charge in [0, 0.05) is 22.3 Å². The van der Waals surface area contributed by atoms with Gasteiger partial charge in [-0.2, -0.15) is 5.10 Å². The van der Waals surface area contributed by atoms with E-state index in [2.05, 4.69) is 10.4 Å². The maximum atomic E-state index is 12.7. The van der Waals surface area contributed by atoms with E-state index in [4.69, 9.17) is 16.3 Å². The van der Waals surface area contributed by atoms with Crippen molar-refractivity contribution >= 4 is 23.5 Å². The molecule has 0 radical (unpaired) electrons. The van der Waals surface area contributed by atoms with Crippen molar-refractivity contribution in [1.82, 2.24) is 15.1 Å². The number of esters is 1. The van der Waals surface area contributed by atoms with Gasteiger partial charge < -0.3 is 10.1 Å². The van der Waals surface area contributed by atoms with E-state index in [9.17, 15) is 9.59 Å². The van der Waals surface area contributed by atoms with Gasteiger partial charge in [-0.05, 0) is 45.0 Å². The zero-order valence-corrected chi connectivity index (χ0v) is 17.2. The van der Waals surface area contributed by atoms with Crippen LogP contribution in [-0.4, -0.2) is 33.8 Å². The number of ether oxygens (including phenoxy) is 1. The highest BCUT2D eigenvalue weighted by Gasteiger charge is 2.22. The quantitative estimate of drug-likeness (QED) is 0.636. The molecular weight excluding hydrogens is 390 g/mol. The Morgan fingerprint density at radius 3 is 2.34 bits per heavy atom. The second kappa shape index (κ2) is 8.49. The number of carbonyl (C=O) groups is 2. The van der Waals surface area contributed by atoms with Gasteiger partial charge in [0.15, 0.2) is 6.61 Å². The first-order valence-corrected chi connectivity index (χ1v) is 9.50. The Labute approximate surface area is 174 Å². The van der Waals surface area contributed by atoms with E-state index in [0.29, 0.717) is 10.7 Å². The van der Waals surface area contributed by atoms with Crippen LogP contribution in [0.3, 0.4) is 0 Å². The predicted octanol–water partition coefficient (Wildman–Crippen LogP) is 4.26. The van der Waals surface area contributed by atoms with Crippen molar-refractivity contribution < 1.29 is 14.3 Å². The van der Waals surface area contributed by atoms with Crippen LogP contribution in [-0.2, 0) is 9.53 Å². The molecule has 29 heavy (non-hydrogen) atoms. The van der Waals surface area contributed by atoms with Crippen molar-refractivity contribution in [3.05, 3.63) is 71.4 Å². The Morgan fingerprint density at radius 2 is 1.72 bits per heavy atom. The summed E-state index contributed by atoms with van der Waals surface area (Å²) >= 11 is 5.98. The molecule has 0 fully saturated rings. The summed E-state index contributed by atoms with van der Waals surface area (Å²) in [5.41, 5.74) is 1.82. The lowest BCUT2D eigenvalue weighted by molar-refractivity contribution is -0.125. The molecule has 0 saturated carbocycles. The Hall–Kier alpha value is -3.12. The molecule has 0 bridgehead atoms. The molecule has 0 aliphatic rings. The Morgan fingerprint density at radius 1 is 1.07 bits per heavy atom. The second-order valence-electron chi connectivity index (χ2n) is 7.55. The highest BCUT2D eigenvalue weighted by Crippen LogP contribution is 2.26. The number of rotatable bonds is 5. The first kappa shape index (κ1) is 20.6. The number of benzene rings is 2. The van der Waals surface area contributed by atoms with E-state index < -0.39 is 11.5 Å². The van der Waals surface area contributed by atoms with E-state index in [1.54, 1.807) is 35.1 Å². The maximum absolute atomic E-state index is 12.7. The molecule has 0 aliphatic heterocycles. The molecule has 150 valence electrons. The Bertz CT molecular complexity index is 1010. The first-order chi connectivity index (χ1) is 13.7. The molecule has 3 aromatic rings. The Kier molecular flexibility index (Phi) is 6.03. The minimum absolute atomic E-state index is 0.264. The van der Waals surface area contributed by atoms with Crippen LogP contribution < -0.4 is 5.32 Å². The van der Waals surface area contributed by atoms with Crippen LogP contribution >= 0.6 is 11.6 Å². The average Bonchev–Trinajstić information content (AvgIpc) is 3.11. The SMILES string of the molecule is CC(C)(C)NC(=O)COC(=O)c1cn(-c2ccccc2)nc1-c1ccc(Cl)cc1. The second-order valence-corrected chi connectivity index (χ2v) is 7.99. The van der Waals surface area contributed by atoms with Gasteiger partial charge in [0.25, 0.3) is 5.91 Å². The molecule has 2 aromatic carbocycles. The monoisotopic (exact) mass is 411 g/mol. The Balaban J connectivity index is 1.89. The van der Waals surface area contributed by atoms with Gasteiger partial charge in [0.05, 0.1) is 5.69 Å². The van der Waals surface area contributed by atoms with Crippen LogP contribution in [0.1, 0.15) is 31.1 Å². The topological polar surface area (TPSA) is 73.2 Å². The van der Waals surface area contributed by atoms with Crippen molar-refractivity contribution in [3.63, 3.8) is 0 Å². The molecule has 0 aliphatic carbocycles. The number of amides is 1. The fraction of sp³-hybridized carbons (Fsp3) is 0.227. The van der Waals surface area contributed by atoms with Crippen molar-refractivity contribution in [2.24, 2.45) is 0 Å². The highest BCUT2D eigenvalue weighted by atomic mass is 35.5. The summed E-state index contributed by atoms with van der Waals surface area (Å²) in [6.45, 7) is 5.20. The van der Waals surface area contributed by atoms with Crippen molar-refractivity contribution in [1.29, 1.82) is 0 Å². The molecule has 6 nitrogen and oxygen atoms in total. The standard InChI is InChI=1S/C22H22ClN3O3/c1-22(2,3)24-19(27)14-29-21(28)18-13-26(17-7-5-4-6-8-17)25-20(18)15-9-11-16(23)12-10-15/h4-13H,14H2,1-3H3,(H,24,27). The van der Waals surface area contributed by atoms with E-state index in [1.807, 2.05) is 51.1 Å². The molecule has 7 heteroatoms. The molecule has 1 amide bonds. The molecule has 3 rings (SSSR count). The summed E-state index contributed by atoms with van der Waals surface area (Å²) in [5, 5.41) is 7.90. The van der Waals surface area contributed by atoms with Crippen LogP contribution in [0.25, 0.3) is 16.9 Å². The number of halogens is 1. The predicted molar refractivity (Wildman–Crippen MR) is 112 cm³/mol. The summed E-state index contributed by atoms with van der Waals surface area (Å²) in [5.74, 6) is -0.990. The van der Waals surface area contributed by atoms with Crippen LogP contribution in [0.15, 0.2) is 60.8 Å². The average molecular weight is 412 g/mol. The number of carbonyl (C=O) groups excluding carboxylic acids is 2. The number of nitrogens with zero attached hydrogens (tertiary/aromatic N) is 2. The van der Waals surface area contributed by atoms with E-state index >= 15 is 0 Å². The van der Waals surface area contributed by atoms with Gasteiger partial charge in [-0.3, -0.25) is 4.79 Å². The third-order valence-corrected chi connectivity index (χ3v) is 4.17. The van der Waals surface area contributed by atoms with Gasteiger partial charge in [-0.25, -0.2) is 9.48 Å². The largest absolute Gasteiger partial charge is 0.452 e. The van der Waals surface area contributed by atoms with E-state index in [0.717, 1.165) is 11.3 Å². The van der Waals surface area contributed by atoms with Crippen LogP contribution in [0.5, 0.6) is 0 Å². The van der Waals surface area contributed by atoms with Crippen LogP contribution in [0, 0.1) is 0 Å². The number of nitrogens with one attached hydrogen (secondary N) is 1. The van der Waals surface area contributed by atoms with Gasteiger partial charge in [0.1, 0.15) is 11.3 Å². The summed E-state index contributed by atoms with van der Waals surface area (Å²) in [6.07, 6.45) is 1.60. The minimum atomic E-state index is -0.624. The van der Waals surface area contributed by atoms with Crippen LogP contribution in [0.2, 0.25) is 5.02 Å². The molecule has 0 spiro atoms. The molecule has 1 N–H and O–H groups in total. The summed E-state index contributed by atoms with van der Waals surface area (Å²) in [7, 11) is 0. The molecule has 0 atom stereocenters. The molecule has 1 heterocycles. The van der Waals surface area contributed by atoms with Gasteiger partial charge in [0.2, 0.25) is 0 Å². The smallest absolute Gasteiger partial charge is 0.342 e. The molecule has 1 aromatic heterocycles. The fourth-order valence-corrected chi connectivity index (χ4v) is 2.85. The van der Waals surface area contributed by atoms with Gasteiger partial charge in [-0.15, -0.1) is 0 Å². The zero-order valence-electron chi connectivity index (χ0n) is 16.5. The zero-order chi connectivity index (χ0) is 21.0. The fourth-order valence-electron chi connectivity index (χ4n) is 2.72. The number of hydrogen-bond acceptors (Lipinski definition) is 4. The summed E-state index contributed by atoms with van der Waals surface area (Å²) in [4.78, 5) is 24.7.